The summed E-state index contributed by atoms with van der Waals surface area (Å²) in [5.41, 5.74) is 8.81. The summed E-state index contributed by atoms with van der Waals surface area (Å²) in [6, 6.07) is 19.8. The molecule has 0 saturated carbocycles. The molecule has 44 heavy (non-hydrogen) atoms. The number of Topliss-reactive ketones (excluding diaryl/α,β-unsaturated/α-hetero) is 1. The summed E-state index contributed by atoms with van der Waals surface area (Å²) in [4.78, 5) is 29.4. The Kier molecular flexibility index (Phi) is 9.88. The van der Waals surface area contributed by atoms with Gasteiger partial charge in [-0.05, 0) is 55.1 Å². The SMILES string of the molecule is CCN(CC)CCOc1cccc(Nc2nccc(-c3sc(N)nc3-c3cccc(CC(=O)c4c(F)cccc4F)c3)n2)c1. The number of rotatable bonds is 13. The number of hydrogen-bond donors (Lipinski definition) is 2. The third-order valence-corrected chi connectivity index (χ3v) is 7.91. The van der Waals surface area contributed by atoms with E-state index >= 15 is 0 Å². The zero-order valence-corrected chi connectivity index (χ0v) is 25.2. The highest BCUT2D eigenvalue weighted by atomic mass is 32.1. The highest BCUT2D eigenvalue weighted by molar-refractivity contribution is 7.19. The monoisotopic (exact) mass is 614 g/mol. The number of carbonyl (C=O) groups excluding carboxylic acids is 1. The first-order valence-electron chi connectivity index (χ1n) is 14.2. The molecule has 5 aromatic rings. The lowest BCUT2D eigenvalue weighted by atomic mass is 9.99. The predicted octanol–water partition coefficient (Wildman–Crippen LogP) is 7.02. The number of benzene rings is 3. The molecule has 3 N–H and O–H groups in total. The maximum absolute atomic E-state index is 14.2. The van der Waals surface area contributed by atoms with Gasteiger partial charge in [-0.15, -0.1) is 0 Å². The number of thiazole rings is 1. The van der Waals surface area contributed by atoms with Crippen molar-refractivity contribution in [3.63, 3.8) is 0 Å². The van der Waals surface area contributed by atoms with Crippen molar-refractivity contribution in [2.24, 2.45) is 0 Å². The minimum atomic E-state index is -0.886. The van der Waals surface area contributed by atoms with Crippen LogP contribution in [-0.2, 0) is 6.42 Å². The molecule has 0 spiro atoms. The minimum absolute atomic E-state index is 0.180. The van der Waals surface area contributed by atoms with E-state index in [2.05, 4.69) is 34.0 Å². The molecule has 0 aliphatic rings. The molecule has 0 aliphatic heterocycles. The standard InChI is InChI=1S/C33H32F2N6O2S/c1-3-41(4-2)16-17-43-24-11-6-10-23(20-24)38-33-37-15-14-27(39-33)31-30(40-32(36)44-31)22-9-5-8-21(18-22)19-28(42)29-25(34)12-7-13-26(29)35/h5-15,18,20H,3-4,16-17,19H2,1-2H3,(H2,36,40)(H,37,38,39). The molecule has 0 amide bonds. The third-order valence-electron chi connectivity index (χ3n) is 7.00. The van der Waals surface area contributed by atoms with Gasteiger partial charge in [0.2, 0.25) is 5.95 Å². The maximum atomic E-state index is 14.2. The van der Waals surface area contributed by atoms with Gasteiger partial charge < -0.3 is 20.7 Å². The molecule has 2 heterocycles. The summed E-state index contributed by atoms with van der Waals surface area (Å²) in [6.07, 6.45) is 1.47. The lowest BCUT2D eigenvalue weighted by Crippen LogP contribution is -2.27. The van der Waals surface area contributed by atoms with E-state index in [-0.39, 0.29) is 6.42 Å². The molecule has 0 unspecified atom stereocenters. The largest absolute Gasteiger partial charge is 0.492 e. The van der Waals surface area contributed by atoms with Gasteiger partial charge in [-0.2, -0.15) is 0 Å². The second-order valence-electron chi connectivity index (χ2n) is 9.92. The fourth-order valence-electron chi connectivity index (χ4n) is 4.74. The minimum Gasteiger partial charge on any atom is -0.492 e. The molecule has 5 rings (SSSR count). The number of nitrogens with zero attached hydrogens (tertiary/aromatic N) is 4. The van der Waals surface area contributed by atoms with Gasteiger partial charge >= 0.3 is 0 Å². The number of halogens is 2. The Labute approximate surface area is 258 Å². The zero-order valence-electron chi connectivity index (χ0n) is 24.4. The number of likely N-dealkylation sites (N-methyl/N-ethyl adjacent to an activating group) is 1. The number of anilines is 3. The summed E-state index contributed by atoms with van der Waals surface area (Å²) in [7, 11) is 0. The van der Waals surface area contributed by atoms with Gasteiger partial charge in [0.15, 0.2) is 10.9 Å². The average Bonchev–Trinajstić information content (AvgIpc) is 3.41. The van der Waals surface area contributed by atoms with Crippen molar-refractivity contribution >= 4 is 33.9 Å². The Hall–Kier alpha value is -4.74. The first-order chi connectivity index (χ1) is 21.3. The van der Waals surface area contributed by atoms with E-state index in [1.807, 2.05) is 30.3 Å². The molecule has 226 valence electrons. The van der Waals surface area contributed by atoms with Crippen LogP contribution in [0.1, 0.15) is 29.8 Å². The van der Waals surface area contributed by atoms with E-state index in [0.29, 0.717) is 45.1 Å². The Morgan fingerprint density at radius 1 is 0.977 bits per heavy atom. The molecule has 0 radical (unpaired) electrons. The van der Waals surface area contributed by atoms with Crippen LogP contribution < -0.4 is 15.8 Å². The number of nitrogens with one attached hydrogen (secondary N) is 1. The number of ether oxygens (including phenoxy) is 1. The van der Waals surface area contributed by atoms with Crippen LogP contribution in [0.4, 0.5) is 25.5 Å². The predicted molar refractivity (Wildman–Crippen MR) is 170 cm³/mol. The Morgan fingerprint density at radius 2 is 1.73 bits per heavy atom. The summed E-state index contributed by atoms with van der Waals surface area (Å²) in [5, 5.41) is 3.58. The molecule has 11 heteroatoms. The quantitative estimate of drug-likeness (QED) is 0.136. The molecule has 0 saturated heterocycles. The van der Waals surface area contributed by atoms with E-state index in [0.717, 1.165) is 43.2 Å². The van der Waals surface area contributed by atoms with Crippen LogP contribution in [0.5, 0.6) is 5.75 Å². The smallest absolute Gasteiger partial charge is 0.227 e. The molecule has 0 atom stereocenters. The van der Waals surface area contributed by atoms with Gasteiger partial charge in [0.25, 0.3) is 0 Å². The Balaban J connectivity index is 1.34. The Bertz CT molecular complexity index is 1740. The summed E-state index contributed by atoms with van der Waals surface area (Å²) in [5.74, 6) is -1.30. The average molecular weight is 615 g/mol. The van der Waals surface area contributed by atoms with Crippen LogP contribution >= 0.6 is 11.3 Å². The van der Waals surface area contributed by atoms with E-state index in [9.17, 15) is 13.6 Å². The number of carbonyl (C=O) groups is 1. The van der Waals surface area contributed by atoms with E-state index in [1.54, 1.807) is 30.5 Å². The van der Waals surface area contributed by atoms with Gasteiger partial charge in [0.05, 0.1) is 21.8 Å². The van der Waals surface area contributed by atoms with Gasteiger partial charge in [-0.25, -0.2) is 23.7 Å². The van der Waals surface area contributed by atoms with Gasteiger partial charge in [-0.3, -0.25) is 4.79 Å². The second-order valence-corrected chi connectivity index (χ2v) is 11.0. The molecule has 3 aromatic carbocycles. The fourth-order valence-corrected chi connectivity index (χ4v) is 5.57. The summed E-state index contributed by atoms with van der Waals surface area (Å²) in [6.45, 7) is 7.64. The number of hydrogen-bond acceptors (Lipinski definition) is 9. The van der Waals surface area contributed by atoms with Crippen molar-refractivity contribution < 1.29 is 18.3 Å². The third kappa shape index (κ3) is 7.42. The van der Waals surface area contributed by atoms with E-state index in [1.165, 1.54) is 17.4 Å². The number of aromatic nitrogens is 3. The van der Waals surface area contributed by atoms with E-state index < -0.39 is 23.0 Å². The maximum Gasteiger partial charge on any atom is 0.227 e. The second kappa shape index (κ2) is 14.2. The fraction of sp³-hybridized carbons (Fsp3) is 0.212. The van der Waals surface area contributed by atoms with Crippen LogP contribution in [0.3, 0.4) is 0 Å². The van der Waals surface area contributed by atoms with Crippen molar-refractivity contribution in [3.05, 3.63) is 102 Å². The van der Waals surface area contributed by atoms with Crippen molar-refractivity contribution in [1.29, 1.82) is 0 Å². The van der Waals surface area contributed by atoms with Crippen molar-refractivity contribution in [1.82, 2.24) is 19.9 Å². The lowest BCUT2D eigenvalue weighted by Gasteiger charge is -2.18. The molecule has 0 aliphatic carbocycles. The normalized spacial score (nSPS) is 11.1. The molecule has 0 fully saturated rings. The molecule has 0 bridgehead atoms. The summed E-state index contributed by atoms with van der Waals surface area (Å²) >= 11 is 1.27. The molecular weight excluding hydrogens is 582 g/mol. The molecule has 2 aromatic heterocycles. The van der Waals surface area contributed by atoms with Crippen LogP contribution in [0.25, 0.3) is 21.8 Å². The van der Waals surface area contributed by atoms with Crippen molar-refractivity contribution in [2.45, 2.75) is 20.3 Å². The first kappa shape index (κ1) is 30.7. The van der Waals surface area contributed by atoms with E-state index in [4.69, 9.17) is 15.5 Å². The van der Waals surface area contributed by atoms with Crippen LogP contribution in [-0.4, -0.2) is 51.9 Å². The molecular formula is C33H32F2N6O2S. The Morgan fingerprint density at radius 3 is 2.50 bits per heavy atom. The zero-order chi connectivity index (χ0) is 31.1. The van der Waals surface area contributed by atoms with Crippen molar-refractivity contribution in [2.75, 3.05) is 37.3 Å². The van der Waals surface area contributed by atoms with Crippen molar-refractivity contribution in [3.8, 4) is 27.6 Å². The van der Waals surface area contributed by atoms with Crippen LogP contribution in [0.15, 0.2) is 79.0 Å². The molecule has 8 nitrogen and oxygen atoms in total. The van der Waals surface area contributed by atoms with Crippen LogP contribution in [0, 0.1) is 11.6 Å². The van der Waals surface area contributed by atoms with Gasteiger partial charge in [-0.1, -0.05) is 55.5 Å². The highest BCUT2D eigenvalue weighted by Crippen LogP contribution is 2.38. The number of nitrogens with two attached hydrogens (primary N) is 1. The first-order valence-corrected chi connectivity index (χ1v) is 15.0. The lowest BCUT2D eigenvalue weighted by molar-refractivity contribution is 0.0985. The number of nitrogen functional groups attached to an aromatic ring is 1. The van der Waals surface area contributed by atoms with Gasteiger partial charge in [0.1, 0.15) is 24.0 Å². The van der Waals surface area contributed by atoms with Gasteiger partial charge in [0, 0.05) is 36.5 Å². The topological polar surface area (TPSA) is 106 Å². The summed E-state index contributed by atoms with van der Waals surface area (Å²) < 4.78 is 34.3. The van der Waals surface area contributed by atoms with Crippen LogP contribution in [0.2, 0.25) is 0 Å². The number of ketones is 1. The highest BCUT2D eigenvalue weighted by Gasteiger charge is 2.19.